The predicted octanol–water partition coefficient (Wildman–Crippen LogP) is 4.48. The predicted molar refractivity (Wildman–Crippen MR) is 127 cm³/mol. The first-order valence-electron chi connectivity index (χ1n) is 11.3. The second kappa shape index (κ2) is 9.55. The quantitative estimate of drug-likeness (QED) is 0.567. The summed E-state index contributed by atoms with van der Waals surface area (Å²) < 4.78 is 26.9. The third-order valence-corrected chi connectivity index (χ3v) is 6.25. The largest absolute Gasteiger partial charge is 0.343 e. The van der Waals surface area contributed by atoms with Crippen molar-refractivity contribution in [3.63, 3.8) is 0 Å². The number of aromatic nitrogens is 1. The van der Waals surface area contributed by atoms with E-state index in [1.807, 2.05) is 34.1 Å². The van der Waals surface area contributed by atoms with E-state index < -0.39 is 0 Å². The van der Waals surface area contributed by atoms with Crippen molar-refractivity contribution in [1.82, 2.24) is 14.8 Å². The fraction of sp³-hybridized carbons (Fsp3) is 0.222. The van der Waals surface area contributed by atoms with Gasteiger partial charge in [-0.2, -0.15) is 0 Å². The van der Waals surface area contributed by atoms with E-state index in [0.717, 1.165) is 23.2 Å². The minimum atomic E-state index is -0.338. The van der Waals surface area contributed by atoms with Gasteiger partial charge in [0.2, 0.25) is 5.91 Å². The first-order valence-corrected chi connectivity index (χ1v) is 11.3. The van der Waals surface area contributed by atoms with E-state index in [1.165, 1.54) is 24.3 Å². The van der Waals surface area contributed by atoms with Gasteiger partial charge in [0, 0.05) is 48.6 Å². The minimum absolute atomic E-state index is 0.0203. The van der Waals surface area contributed by atoms with Crippen LogP contribution < -0.4 is 0 Å². The number of carbonyl (C=O) groups is 1. The summed E-state index contributed by atoms with van der Waals surface area (Å²) in [7, 11) is 0. The molecule has 7 heteroatoms. The highest BCUT2D eigenvalue weighted by Crippen LogP contribution is 2.27. The van der Waals surface area contributed by atoms with Crippen LogP contribution in [0.1, 0.15) is 29.2 Å². The van der Waals surface area contributed by atoms with Crippen molar-refractivity contribution >= 4 is 17.4 Å². The third kappa shape index (κ3) is 4.73. The van der Waals surface area contributed by atoms with Gasteiger partial charge in [0.1, 0.15) is 17.5 Å². The summed E-state index contributed by atoms with van der Waals surface area (Å²) in [4.78, 5) is 26.2. The number of hydrogen-bond acceptors (Lipinski definition) is 4. The molecule has 3 heterocycles. The van der Waals surface area contributed by atoms with Crippen LogP contribution in [-0.2, 0) is 4.79 Å². The molecule has 1 unspecified atom stereocenters. The van der Waals surface area contributed by atoms with Crippen LogP contribution >= 0.6 is 0 Å². The van der Waals surface area contributed by atoms with E-state index in [0.29, 0.717) is 31.2 Å². The molecule has 2 aliphatic rings. The number of amides is 1. The van der Waals surface area contributed by atoms with Crippen LogP contribution in [0, 0.1) is 11.6 Å². The van der Waals surface area contributed by atoms with Crippen molar-refractivity contribution in [3.8, 4) is 0 Å². The highest BCUT2D eigenvalue weighted by molar-refractivity contribution is 6.04. The van der Waals surface area contributed by atoms with Crippen LogP contribution in [0.2, 0.25) is 0 Å². The first kappa shape index (κ1) is 21.9. The van der Waals surface area contributed by atoms with Gasteiger partial charge in [0.15, 0.2) is 0 Å². The lowest BCUT2D eigenvalue weighted by molar-refractivity contribution is -0.130. The fourth-order valence-electron chi connectivity index (χ4n) is 4.41. The maximum Gasteiger partial charge on any atom is 0.242 e. The van der Waals surface area contributed by atoms with Gasteiger partial charge in [-0.25, -0.2) is 13.8 Å². The lowest BCUT2D eigenvalue weighted by Gasteiger charge is -2.30. The summed E-state index contributed by atoms with van der Waals surface area (Å²) in [6, 6.07) is 18.1. The molecule has 3 aromatic rings. The highest BCUT2D eigenvalue weighted by atomic mass is 19.1. The summed E-state index contributed by atoms with van der Waals surface area (Å²) >= 11 is 0. The maximum absolute atomic E-state index is 13.6. The SMILES string of the molecule is O=C(CN1CC=C(c2ccc(F)cc2)N=C1c1ccc(F)cc1)N1CCC(c2ccccn2)C1. The Labute approximate surface area is 197 Å². The van der Waals surface area contributed by atoms with Crippen molar-refractivity contribution in [2.45, 2.75) is 12.3 Å². The van der Waals surface area contributed by atoms with E-state index in [9.17, 15) is 13.6 Å². The molecule has 5 rings (SSSR count). The van der Waals surface area contributed by atoms with Crippen LogP contribution in [0.4, 0.5) is 8.78 Å². The Morgan fingerprint density at radius 1 is 0.941 bits per heavy atom. The molecule has 0 spiro atoms. The summed E-state index contributed by atoms with van der Waals surface area (Å²) in [6.45, 7) is 1.96. The van der Waals surface area contributed by atoms with Crippen molar-refractivity contribution in [1.29, 1.82) is 0 Å². The van der Waals surface area contributed by atoms with Gasteiger partial charge < -0.3 is 9.80 Å². The zero-order valence-electron chi connectivity index (χ0n) is 18.6. The number of likely N-dealkylation sites (tertiary alicyclic amines) is 1. The average molecular weight is 459 g/mol. The third-order valence-electron chi connectivity index (χ3n) is 6.25. The van der Waals surface area contributed by atoms with Crippen molar-refractivity contribution in [2.75, 3.05) is 26.2 Å². The van der Waals surface area contributed by atoms with Gasteiger partial charge in [-0.15, -0.1) is 0 Å². The van der Waals surface area contributed by atoms with Crippen LogP contribution in [-0.4, -0.2) is 52.7 Å². The number of benzene rings is 2. The number of halogens is 2. The fourth-order valence-corrected chi connectivity index (χ4v) is 4.41. The second-order valence-corrected chi connectivity index (χ2v) is 8.50. The summed E-state index contributed by atoms with van der Waals surface area (Å²) in [6.07, 6.45) is 4.59. The van der Waals surface area contributed by atoms with Gasteiger partial charge >= 0.3 is 0 Å². The Kier molecular flexibility index (Phi) is 6.16. The molecule has 0 radical (unpaired) electrons. The molecule has 0 saturated carbocycles. The molecule has 1 aromatic heterocycles. The molecule has 0 aliphatic carbocycles. The maximum atomic E-state index is 13.6. The molecule has 0 bridgehead atoms. The van der Waals surface area contributed by atoms with E-state index in [2.05, 4.69) is 4.98 Å². The van der Waals surface area contributed by atoms with E-state index >= 15 is 0 Å². The molecule has 2 aliphatic heterocycles. The molecule has 34 heavy (non-hydrogen) atoms. The van der Waals surface area contributed by atoms with Crippen LogP contribution in [0.25, 0.3) is 5.70 Å². The van der Waals surface area contributed by atoms with Crippen LogP contribution in [0.15, 0.2) is 84.0 Å². The molecule has 1 amide bonds. The number of aliphatic imine (C=N–C) groups is 1. The molecule has 0 N–H and O–H groups in total. The summed E-state index contributed by atoms with van der Waals surface area (Å²) in [5.41, 5.74) is 3.20. The molecular formula is C27H24F2N4O. The normalized spacial score (nSPS) is 18.0. The monoisotopic (exact) mass is 458 g/mol. The molecule has 5 nitrogen and oxygen atoms in total. The van der Waals surface area contributed by atoms with E-state index in [1.54, 1.807) is 30.5 Å². The number of nitrogens with zero attached hydrogens (tertiary/aromatic N) is 4. The summed E-state index contributed by atoms with van der Waals surface area (Å²) in [5.74, 6) is 0.198. The average Bonchev–Trinajstić information content (AvgIpc) is 3.37. The second-order valence-electron chi connectivity index (χ2n) is 8.50. The Morgan fingerprint density at radius 2 is 1.65 bits per heavy atom. The lowest BCUT2D eigenvalue weighted by Crippen LogP contribution is -2.43. The van der Waals surface area contributed by atoms with E-state index in [4.69, 9.17) is 4.99 Å². The highest BCUT2D eigenvalue weighted by Gasteiger charge is 2.30. The number of amidine groups is 1. The standard InChI is InChI=1S/C27H24F2N4O/c28-22-8-4-19(5-9-22)25-13-16-33(27(31-25)20-6-10-23(29)11-7-20)18-26(34)32-15-12-21(17-32)24-3-1-2-14-30-24/h1-11,13-14,21H,12,15-18H2. The van der Waals surface area contributed by atoms with Crippen LogP contribution in [0.5, 0.6) is 0 Å². The van der Waals surface area contributed by atoms with Crippen LogP contribution in [0.3, 0.4) is 0 Å². The first-order chi connectivity index (χ1) is 16.6. The molecule has 1 saturated heterocycles. The Balaban J connectivity index is 1.35. The van der Waals surface area contributed by atoms with Crippen molar-refractivity contribution in [2.24, 2.45) is 4.99 Å². The van der Waals surface area contributed by atoms with Crippen molar-refractivity contribution in [3.05, 3.63) is 107 Å². The number of carbonyl (C=O) groups excluding carboxylic acids is 1. The zero-order chi connectivity index (χ0) is 23.5. The van der Waals surface area contributed by atoms with Gasteiger partial charge in [-0.3, -0.25) is 9.78 Å². The smallest absolute Gasteiger partial charge is 0.242 e. The van der Waals surface area contributed by atoms with E-state index in [-0.39, 0.29) is 30.0 Å². The molecule has 1 fully saturated rings. The van der Waals surface area contributed by atoms with Gasteiger partial charge in [-0.05, 0) is 73.2 Å². The lowest BCUT2D eigenvalue weighted by atomic mass is 10.0. The zero-order valence-corrected chi connectivity index (χ0v) is 18.6. The Morgan fingerprint density at radius 3 is 2.32 bits per heavy atom. The Bertz CT molecular complexity index is 1220. The molecule has 1 atom stereocenters. The van der Waals surface area contributed by atoms with Crippen molar-refractivity contribution < 1.29 is 13.6 Å². The summed E-state index contributed by atoms with van der Waals surface area (Å²) in [5, 5.41) is 0. The molecule has 2 aromatic carbocycles. The topological polar surface area (TPSA) is 48.8 Å². The van der Waals surface area contributed by atoms with Gasteiger partial charge in [-0.1, -0.05) is 6.07 Å². The number of pyridine rings is 1. The van der Waals surface area contributed by atoms with Gasteiger partial charge in [0.25, 0.3) is 0 Å². The Hall–Kier alpha value is -3.87. The number of rotatable bonds is 5. The number of hydrogen-bond donors (Lipinski definition) is 0. The molecule has 172 valence electrons. The molecular weight excluding hydrogens is 434 g/mol. The van der Waals surface area contributed by atoms with Gasteiger partial charge in [0.05, 0.1) is 12.2 Å². The minimum Gasteiger partial charge on any atom is -0.343 e.